The minimum Gasteiger partial charge on any atom is -0.381 e. The standard InChI is InChI=1S/C17H17N3O/c1-2-5-14(6-3-1)20-16(13-8-11-21-12-9-13)19-15-7-4-10-18-17(15)20/h1-7,10,13H,8-9,11-12H2. The number of fused-ring (bicyclic) bond motifs is 1. The molecule has 0 spiro atoms. The van der Waals surface area contributed by atoms with Crippen molar-refractivity contribution < 1.29 is 4.74 Å². The van der Waals surface area contributed by atoms with Crippen molar-refractivity contribution in [3.8, 4) is 5.69 Å². The molecule has 3 heterocycles. The zero-order chi connectivity index (χ0) is 14.1. The molecule has 1 aliphatic heterocycles. The zero-order valence-corrected chi connectivity index (χ0v) is 11.8. The van der Waals surface area contributed by atoms with Crippen molar-refractivity contribution in [2.45, 2.75) is 18.8 Å². The molecule has 4 rings (SSSR count). The molecule has 1 aliphatic rings. The highest BCUT2D eigenvalue weighted by Gasteiger charge is 2.23. The fourth-order valence-corrected chi connectivity index (χ4v) is 2.99. The van der Waals surface area contributed by atoms with Gasteiger partial charge in [0.1, 0.15) is 11.3 Å². The Balaban J connectivity index is 1.92. The highest BCUT2D eigenvalue weighted by molar-refractivity contribution is 5.74. The van der Waals surface area contributed by atoms with Crippen molar-refractivity contribution in [3.63, 3.8) is 0 Å². The maximum absolute atomic E-state index is 5.49. The number of ether oxygens (including phenoxy) is 1. The van der Waals surface area contributed by atoms with Crippen LogP contribution in [0.4, 0.5) is 0 Å². The summed E-state index contributed by atoms with van der Waals surface area (Å²) >= 11 is 0. The van der Waals surface area contributed by atoms with Crippen LogP contribution in [-0.2, 0) is 4.74 Å². The van der Waals surface area contributed by atoms with E-state index in [9.17, 15) is 0 Å². The van der Waals surface area contributed by atoms with Gasteiger partial charge in [-0.25, -0.2) is 9.97 Å². The van der Waals surface area contributed by atoms with Crippen LogP contribution in [0.3, 0.4) is 0 Å². The molecule has 0 aliphatic carbocycles. The van der Waals surface area contributed by atoms with E-state index >= 15 is 0 Å². The molecule has 1 fully saturated rings. The lowest BCUT2D eigenvalue weighted by Crippen LogP contribution is -2.17. The molecule has 4 nitrogen and oxygen atoms in total. The van der Waals surface area contributed by atoms with Crippen LogP contribution in [0.2, 0.25) is 0 Å². The minimum atomic E-state index is 0.438. The molecule has 4 heteroatoms. The number of aromatic nitrogens is 3. The van der Waals surface area contributed by atoms with E-state index in [1.165, 1.54) is 0 Å². The van der Waals surface area contributed by atoms with Gasteiger partial charge in [-0.05, 0) is 37.1 Å². The summed E-state index contributed by atoms with van der Waals surface area (Å²) < 4.78 is 7.69. The Morgan fingerprint density at radius 2 is 1.81 bits per heavy atom. The molecule has 1 aromatic carbocycles. The minimum absolute atomic E-state index is 0.438. The Bertz CT molecular complexity index is 745. The van der Waals surface area contributed by atoms with Crippen molar-refractivity contribution in [3.05, 3.63) is 54.5 Å². The van der Waals surface area contributed by atoms with Crippen LogP contribution in [0, 0.1) is 0 Å². The lowest BCUT2D eigenvalue weighted by Gasteiger charge is -2.22. The molecule has 0 amide bonds. The van der Waals surface area contributed by atoms with Gasteiger partial charge in [-0.1, -0.05) is 18.2 Å². The SMILES string of the molecule is c1ccc(-n2c(C3CCOCC3)nc3cccnc32)cc1. The van der Waals surface area contributed by atoms with Gasteiger partial charge in [0.15, 0.2) is 5.65 Å². The molecule has 2 aromatic heterocycles. The number of hydrogen-bond acceptors (Lipinski definition) is 3. The van der Waals surface area contributed by atoms with Crippen LogP contribution in [0.5, 0.6) is 0 Å². The summed E-state index contributed by atoms with van der Waals surface area (Å²) in [6.45, 7) is 1.63. The molecular weight excluding hydrogens is 262 g/mol. The van der Waals surface area contributed by atoms with Crippen molar-refractivity contribution in [2.75, 3.05) is 13.2 Å². The fourth-order valence-electron chi connectivity index (χ4n) is 2.99. The summed E-state index contributed by atoms with van der Waals surface area (Å²) in [6.07, 6.45) is 3.88. The number of benzene rings is 1. The molecule has 0 atom stereocenters. The van der Waals surface area contributed by atoms with Crippen LogP contribution in [0.1, 0.15) is 24.6 Å². The molecule has 0 radical (unpaired) electrons. The quantitative estimate of drug-likeness (QED) is 0.722. The second-order valence-corrected chi connectivity index (χ2v) is 5.37. The van der Waals surface area contributed by atoms with E-state index in [0.29, 0.717) is 5.92 Å². The van der Waals surface area contributed by atoms with E-state index in [1.54, 1.807) is 0 Å². The third kappa shape index (κ3) is 2.21. The number of para-hydroxylation sites is 1. The fraction of sp³-hybridized carbons (Fsp3) is 0.294. The highest BCUT2D eigenvalue weighted by atomic mass is 16.5. The van der Waals surface area contributed by atoms with Crippen molar-refractivity contribution in [1.29, 1.82) is 0 Å². The summed E-state index contributed by atoms with van der Waals surface area (Å²) in [5, 5.41) is 0. The maximum Gasteiger partial charge on any atom is 0.164 e. The van der Waals surface area contributed by atoms with E-state index in [1.807, 2.05) is 24.4 Å². The Morgan fingerprint density at radius 3 is 2.62 bits per heavy atom. The van der Waals surface area contributed by atoms with Gasteiger partial charge in [0.25, 0.3) is 0 Å². The van der Waals surface area contributed by atoms with Gasteiger partial charge in [0.05, 0.1) is 0 Å². The summed E-state index contributed by atoms with van der Waals surface area (Å²) in [5.74, 6) is 1.55. The lowest BCUT2D eigenvalue weighted by atomic mass is 9.99. The van der Waals surface area contributed by atoms with Gasteiger partial charge in [-0.2, -0.15) is 0 Å². The molecular formula is C17H17N3O. The molecule has 0 saturated carbocycles. The van der Waals surface area contributed by atoms with Crippen molar-refractivity contribution in [1.82, 2.24) is 14.5 Å². The molecule has 0 bridgehead atoms. The average Bonchev–Trinajstić information content (AvgIpc) is 2.96. The molecule has 0 unspecified atom stereocenters. The summed E-state index contributed by atoms with van der Waals surface area (Å²) in [7, 11) is 0. The number of rotatable bonds is 2. The molecule has 1 saturated heterocycles. The van der Waals surface area contributed by atoms with E-state index in [0.717, 1.165) is 48.7 Å². The number of nitrogens with zero attached hydrogens (tertiary/aromatic N) is 3. The largest absolute Gasteiger partial charge is 0.381 e. The van der Waals surface area contributed by atoms with Gasteiger partial charge in [-0.3, -0.25) is 4.57 Å². The Morgan fingerprint density at radius 1 is 1.00 bits per heavy atom. The van der Waals surface area contributed by atoms with E-state index in [4.69, 9.17) is 9.72 Å². The first-order valence-corrected chi connectivity index (χ1v) is 7.40. The predicted octanol–water partition coefficient (Wildman–Crippen LogP) is 3.31. The Hall–Kier alpha value is -2.20. The highest BCUT2D eigenvalue weighted by Crippen LogP contribution is 2.30. The first-order valence-electron chi connectivity index (χ1n) is 7.40. The van der Waals surface area contributed by atoms with Gasteiger partial charge in [0, 0.05) is 31.0 Å². The lowest BCUT2D eigenvalue weighted by molar-refractivity contribution is 0.0834. The normalized spacial score (nSPS) is 16.4. The Labute approximate surface area is 123 Å². The zero-order valence-electron chi connectivity index (χ0n) is 11.8. The first kappa shape index (κ1) is 12.5. The summed E-state index contributed by atoms with van der Waals surface area (Å²) in [5.41, 5.74) is 3.02. The Kier molecular flexibility index (Phi) is 3.16. The predicted molar refractivity (Wildman–Crippen MR) is 81.7 cm³/mol. The number of hydrogen-bond donors (Lipinski definition) is 0. The molecule has 106 valence electrons. The van der Waals surface area contributed by atoms with Crippen LogP contribution >= 0.6 is 0 Å². The van der Waals surface area contributed by atoms with Crippen molar-refractivity contribution >= 4 is 11.2 Å². The monoisotopic (exact) mass is 279 g/mol. The van der Waals surface area contributed by atoms with Crippen LogP contribution in [0.15, 0.2) is 48.7 Å². The van der Waals surface area contributed by atoms with Crippen molar-refractivity contribution in [2.24, 2.45) is 0 Å². The number of pyridine rings is 1. The third-order valence-electron chi connectivity index (χ3n) is 4.04. The topological polar surface area (TPSA) is 39.9 Å². The van der Waals surface area contributed by atoms with E-state index < -0.39 is 0 Å². The summed E-state index contributed by atoms with van der Waals surface area (Å²) in [6, 6.07) is 14.3. The average molecular weight is 279 g/mol. The van der Waals surface area contributed by atoms with Crippen LogP contribution in [0.25, 0.3) is 16.9 Å². The second-order valence-electron chi connectivity index (χ2n) is 5.37. The van der Waals surface area contributed by atoms with Gasteiger partial charge in [-0.15, -0.1) is 0 Å². The molecule has 3 aromatic rings. The smallest absolute Gasteiger partial charge is 0.164 e. The number of imidazole rings is 1. The third-order valence-corrected chi connectivity index (χ3v) is 4.04. The summed E-state index contributed by atoms with van der Waals surface area (Å²) in [4.78, 5) is 9.40. The van der Waals surface area contributed by atoms with E-state index in [2.05, 4.69) is 33.8 Å². The first-order chi connectivity index (χ1) is 10.4. The van der Waals surface area contributed by atoms with Crippen LogP contribution < -0.4 is 0 Å². The maximum atomic E-state index is 5.49. The van der Waals surface area contributed by atoms with Gasteiger partial charge < -0.3 is 4.74 Å². The molecule has 0 N–H and O–H groups in total. The van der Waals surface area contributed by atoms with Crippen LogP contribution in [-0.4, -0.2) is 27.7 Å². The van der Waals surface area contributed by atoms with Gasteiger partial charge >= 0.3 is 0 Å². The van der Waals surface area contributed by atoms with Gasteiger partial charge in [0.2, 0.25) is 0 Å². The molecule has 21 heavy (non-hydrogen) atoms. The van der Waals surface area contributed by atoms with E-state index in [-0.39, 0.29) is 0 Å². The second kappa shape index (κ2) is 5.30.